The molecule has 2 rings (SSSR count). The van der Waals surface area contributed by atoms with Crippen molar-refractivity contribution in [2.75, 3.05) is 26.0 Å². The first-order chi connectivity index (χ1) is 11.4. The molecule has 1 atom stereocenters. The number of benzene rings is 2. The number of hydrogen-bond acceptors (Lipinski definition) is 2. The molecule has 0 heterocycles. The van der Waals surface area contributed by atoms with Crippen molar-refractivity contribution < 1.29 is 23.2 Å². The molecule has 2 aromatic rings. The number of ether oxygens (including phenoxy) is 1. The van der Waals surface area contributed by atoms with Crippen LogP contribution in [0.4, 0.5) is 14.5 Å². The fraction of sp³-hybridized carbons (Fsp3) is 0.235. The van der Waals surface area contributed by atoms with E-state index in [9.17, 15) is 13.6 Å². The van der Waals surface area contributed by atoms with E-state index in [-0.39, 0.29) is 18.1 Å². The van der Waals surface area contributed by atoms with Gasteiger partial charge in [-0.2, -0.15) is 0 Å². The molecule has 0 spiro atoms. The minimum atomic E-state index is -0.993. The highest BCUT2D eigenvalue weighted by molar-refractivity contribution is 9.10. The fourth-order valence-corrected chi connectivity index (χ4v) is 2.73. The van der Waals surface area contributed by atoms with E-state index in [1.807, 2.05) is 25.2 Å². The van der Waals surface area contributed by atoms with Crippen LogP contribution >= 0.6 is 15.9 Å². The van der Waals surface area contributed by atoms with Gasteiger partial charge in [0, 0.05) is 21.8 Å². The van der Waals surface area contributed by atoms with Crippen LogP contribution in [-0.2, 0) is 11.3 Å². The van der Waals surface area contributed by atoms with Gasteiger partial charge in [0.25, 0.3) is 5.91 Å². The fourth-order valence-electron chi connectivity index (χ4n) is 2.33. The van der Waals surface area contributed by atoms with E-state index in [2.05, 4.69) is 21.2 Å². The Morgan fingerprint density at radius 2 is 1.96 bits per heavy atom. The summed E-state index contributed by atoms with van der Waals surface area (Å²) in [6.45, 7) is 0.752. The smallest absolute Gasteiger partial charge is 0.279 e. The molecule has 0 radical (unpaired) electrons. The molecule has 0 aromatic heterocycles. The standard InChI is InChI=1S/C17H17BrF2N2O2/c1-22(9-11-7-12(18)3-6-16(11)24-2)10-17(23)21-13-4-5-14(19)15(20)8-13/h3-8H,9-10H2,1-2H3,(H,21,23)/p+1. The molecule has 7 heteroatoms. The maximum Gasteiger partial charge on any atom is 0.279 e. The zero-order valence-corrected chi connectivity index (χ0v) is 14.9. The number of hydrogen-bond donors (Lipinski definition) is 2. The van der Waals surface area contributed by atoms with E-state index < -0.39 is 11.6 Å². The number of halogens is 3. The second-order valence-corrected chi connectivity index (χ2v) is 6.36. The van der Waals surface area contributed by atoms with E-state index in [1.54, 1.807) is 7.11 Å². The second-order valence-electron chi connectivity index (χ2n) is 5.44. The number of amides is 1. The van der Waals surface area contributed by atoms with E-state index in [1.165, 1.54) is 6.07 Å². The van der Waals surface area contributed by atoms with Gasteiger partial charge in [-0.25, -0.2) is 8.78 Å². The molecule has 0 fully saturated rings. The summed E-state index contributed by atoms with van der Waals surface area (Å²) < 4.78 is 32.3. The van der Waals surface area contributed by atoms with Gasteiger partial charge < -0.3 is 15.0 Å². The lowest BCUT2D eigenvalue weighted by atomic mass is 10.2. The van der Waals surface area contributed by atoms with Gasteiger partial charge in [-0.3, -0.25) is 4.79 Å². The second kappa shape index (κ2) is 8.21. The van der Waals surface area contributed by atoms with Crippen LogP contribution in [0.25, 0.3) is 0 Å². The molecule has 4 nitrogen and oxygen atoms in total. The van der Waals surface area contributed by atoms with Gasteiger partial charge in [-0.05, 0) is 30.3 Å². The lowest BCUT2D eigenvalue weighted by Crippen LogP contribution is -3.08. The van der Waals surface area contributed by atoms with Crippen LogP contribution in [0, 0.1) is 11.6 Å². The molecule has 0 aliphatic rings. The van der Waals surface area contributed by atoms with Gasteiger partial charge in [-0.1, -0.05) is 15.9 Å². The third-order valence-electron chi connectivity index (χ3n) is 3.40. The molecule has 2 N–H and O–H groups in total. The summed E-state index contributed by atoms with van der Waals surface area (Å²) in [7, 11) is 3.46. The maximum atomic E-state index is 13.2. The van der Waals surface area contributed by atoms with E-state index in [0.717, 1.165) is 32.8 Å². The molecule has 24 heavy (non-hydrogen) atoms. The van der Waals surface area contributed by atoms with Crippen molar-refractivity contribution in [2.24, 2.45) is 0 Å². The predicted molar refractivity (Wildman–Crippen MR) is 91.1 cm³/mol. The molecule has 1 amide bonds. The van der Waals surface area contributed by atoms with Gasteiger partial charge in [0.2, 0.25) is 0 Å². The summed E-state index contributed by atoms with van der Waals surface area (Å²) in [6.07, 6.45) is 0. The quantitative estimate of drug-likeness (QED) is 0.782. The molecule has 0 saturated carbocycles. The number of carbonyl (C=O) groups excluding carboxylic acids is 1. The van der Waals surface area contributed by atoms with Gasteiger partial charge in [0.15, 0.2) is 18.2 Å². The first-order valence-corrected chi connectivity index (χ1v) is 8.07. The highest BCUT2D eigenvalue weighted by Gasteiger charge is 2.14. The Labute approximate surface area is 147 Å². The van der Waals surface area contributed by atoms with Crippen molar-refractivity contribution in [1.82, 2.24) is 0 Å². The van der Waals surface area contributed by atoms with Crippen molar-refractivity contribution in [3.8, 4) is 5.75 Å². The number of rotatable bonds is 6. The molecular formula is C17H18BrF2N2O2+. The summed E-state index contributed by atoms with van der Waals surface area (Å²) >= 11 is 3.41. The van der Waals surface area contributed by atoms with Crippen LogP contribution in [0.2, 0.25) is 0 Å². The summed E-state index contributed by atoms with van der Waals surface area (Å²) in [4.78, 5) is 13.0. The van der Waals surface area contributed by atoms with E-state index in [4.69, 9.17) is 4.74 Å². The Bertz CT molecular complexity index is 741. The van der Waals surface area contributed by atoms with Gasteiger partial charge in [0.1, 0.15) is 12.3 Å². The first-order valence-electron chi connectivity index (χ1n) is 7.27. The predicted octanol–water partition coefficient (Wildman–Crippen LogP) is 2.39. The topological polar surface area (TPSA) is 42.8 Å². The Kier molecular flexibility index (Phi) is 6.28. The number of methoxy groups -OCH3 is 1. The average Bonchev–Trinajstić information content (AvgIpc) is 2.51. The minimum absolute atomic E-state index is 0.175. The van der Waals surface area contributed by atoms with Crippen LogP contribution < -0.4 is 15.0 Å². The summed E-state index contributed by atoms with van der Waals surface area (Å²) in [5, 5.41) is 2.56. The lowest BCUT2D eigenvalue weighted by Gasteiger charge is -2.16. The zero-order valence-electron chi connectivity index (χ0n) is 13.3. The summed E-state index contributed by atoms with van der Waals surface area (Å²) in [5.74, 6) is -1.48. The summed E-state index contributed by atoms with van der Waals surface area (Å²) in [6, 6.07) is 8.94. The number of anilines is 1. The van der Waals surface area contributed by atoms with Crippen LogP contribution in [0.3, 0.4) is 0 Å². The van der Waals surface area contributed by atoms with Crippen molar-refractivity contribution in [3.05, 3.63) is 58.1 Å². The summed E-state index contributed by atoms with van der Waals surface area (Å²) in [5.41, 5.74) is 1.19. The Morgan fingerprint density at radius 3 is 2.62 bits per heavy atom. The number of nitrogens with one attached hydrogen (secondary N) is 2. The molecule has 2 aromatic carbocycles. The van der Waals surface area contributed by atoms with Crippen molar-refractivity contribution >= 4 is 27.5 Å². The zero-order chi connectivity index (χ0) is 17.7. The number of quaternary nitrogens is 1. The van der Waals surface area contributed by atoms with Crippen molar-refractivity contribution in [2.45, 2.75) is 6.54 Å². The normalized spacial score (nSPS) is 11.9. The molecule has 0 bridgehead atoms. The van der Waals surface area contributed by atoms with Gasteiger partial charge in [0.05, 0.1) is 14.2 Å². The monoisotopic (exact) mass is 399 g/mol. The molecule has 1 unspecified atom stereocenters. The Balaban J connectivity index is 1.96. The SMILES string of the molecule is COc1ccc(Br)cc1C[NH+](C)CC(=O)Nc1ccc(F)c(F)c1. The van der Waals surface area contributed by atoms with Gasteiger partial charge >= 0.3 is 0 Å². The first kappa shape index (κ1) is 18.4. The van der Waals surface area contributed by atoms with Crippen LogP contribution in [0.15, 0.2) is 40.9 Å². The molecule has 128 valence electrons. The van der Waals surface area contributed by atoms with E-state index >= 15 is 0 Å². The number of likely N-dealkylation sites (N-methyl/N-ethyl adjacent to an activating group) is 1. The van der Waals surface area contributed by atoms with Crippen LogP contribution in [0.5, 0.6) is 5.75 Å². The average molecular weight is 400 g/mol. The van der Waals surface area contributed by atoms with E-state index in [0.29, 0.717) is 6.54 Å². The highest BCUT2D eigenvalue weighted by atomic mass is 79.9. The van der Waals surface area contributed by atoms with Crippen LogP contribution in [-0.4, -0.2) is 26.6 Å². The minimum Gasteiger partial charge on any atom is -0.496 e. The Hall–Kier alpha value is -1.99. The van der Waals surface area contributed by atoms with Crippen molar-refractivity contribution in [3.63, 3.8) is 0 Å². The Morgan fingerprint density at radius 1 is 1.21 bits per heavy atom. The molecule has 0 aliphatic heterocycles. The third kappa shape index (κ3) is 5.01. The highest BCUT2D eigenvalue weighted by Crippen LogP contribution is 2.22. The molecule has 0 aliphatic carbocycles. The largest absolute Gasteiger partial charge is 0.496 e. The third-order valence-corrected chi connectivity index (χ3v) is 3.89. The molecule has 0 saturated heterocycles. The molecular weight excluding hydrogens is 382 g/mol. The van der Waals surface area contributed by atoms with Crippen LogP contribution in [0.1, 0.15) is 5.56 Å². The van der Waals surface area contributed by atoms with Crippen molar-refractivity contribution in [1.29, 1.82) is 0 Å². The lowest BCUT2D eigenvalue weighted by molar-refractivity contribution is -0.885. The number of carbonyl (C=O) groups is 1. The maximum absolute atomic E-state index is 13.2. The van der Waals surface area contributed by atoms with Gasteiger partial charge in [-0.15, -0.1) is 0 Å².